The summed E-state index contributed by atoms with van der Waals surface area (Å²) in [6.45, 7) is 7.84. The molecule has 0 atom stereocenters. The summed E-state index contributed by atoms with van der Waals surface area (Å²) >= 11 is 7.12. The summed E-state index contributed by atoms with van der Waals surface area (Å²) in [6, 6.07) is 64.7. The second-order valence-corrected chi connectivity index (χ2v) is 33.2. The minimum Gasteiger partial charge on any atom is -0.465 e. The molecule has 0 spiro atoms. The molecule has 0 saturated carbocycles. The number of halogens is 4. The number of primary sulfonamides is 1. The van der Waals surface area contributed by atoms with Gasteiger partial charge in [-0.05, 0) is 213 Å². The number of likely N-dealkylation sites (N-methyl/N-ethyl adjacent to an activating group) is 2. The highest BCUT2D eigenvalue weighted by molar-refractivity contribution is 7.99. The van der Waals surface area contributed by atoms with Gasteiger partial charge < -0.3 is 56.1 Å². The molecule has 1 fully saturated rings. The standard InChI is InChI=1S/C32H34N4O4.C22H18N4OS.C21H16ClF3N4O3.C21H23N7O2S/c1-34-15-17-36(18-16-34)21-29(38)35(2)26-12-10-25(11-13-26)33-31(22-7-5-4-6-8-22)30-27-14-9-23(32(39)40-3)19-24(27)20-28(30)37;1-23-22(27)18-7-2-3-8-21(18)28-16-10-11-17-19(25-26-20(17)14-16)12-9-15-6-4-5-13-24-15;1-26-19(30)18-11-15(8-9-27-18)32-14-5-2-12(3-6-14)28-20(31)29-13-4-7-17(22)16(10-13)21(23,24)25;1-13-5-6-15(9-19(13)31(22,29)30)24-20-11-23-12-21(25-20)27(3)16-7-8-17-14(2)28(4)26-18(17)10-16/h4-14,19,33H,15-18,20-21H2,1-3H3;2-14H,1H3,(H,23,27)(H,25,26);2-11H,1H3,(H,26,30)(H2,28,29,31);5-12H,1-4H3,(H,24,25)(H2,22,29,30)/b31-30-;12-9+;;. The zero-order valence-corrected chi connectivity index (χ0v) is 74.9. The maximum atomic E-state index is 13.3. The van der Waals surface area contributed by atoms with E-state index in [1.54, 1.807) is 111 Å². The average molecular weight is 1830 g/mol. The summed E-state index contributed by atoms with van der Waals surface area (Å²) < 4.78 is 74.7. The molecular formula is C96H91ClF3N19O10S2. The summed E-state index contributed by atoms with van der Waals surface area (Å²) in [6.07, 6.45) is 5.89. The van der Waals surface area contributed by atoms with Gasteiger partial charge in [0.1, 0.15) is 17.2 Å². The number of methoxy groups -OCH3 is 1. The lowest BCUT2D eigenvalue weighted by Crippen LogP contribution is -2.48. The second kappa shape index (κ2) is 42.3. The molecule has 6 heterocycles. The molecule has 1 aliphatic heterocycles. The fraction of sp³-hybridized carbons (Fsp3) is 0.167. The number of carbonyl (C=O) groups excluding carboxylic acids is 6. The Morgan fingerprint density at radius 3 is 2.08 bits per heavy atom. The number of amides is 5. The van der Waals surface area contributed by atoms with E-state index in [4.69, 9.17) is 26.2 Å². The monoisotopic (exact) mass is 1830 g/mol. The first kappa shape index (κ1) is 93.7. The number of Topliss-reactive ketones (excluding diaryl/α,β-unsaturated/α-hetero) is 1. The van der Waals surface area contributed by atoms with E-state index >= 15 is 0 Å². The number of benzene rings is 9. The topological polar surface area (TPSA) is 364 Å². The number of nitrogens with zero attached hydrogens (tertiary/aromatic N) is 11. The molecule has 670 valence electrons. The van der Waals surface area contributed by atoms with Crippen LogP contribution in [-0.2, 0) is 44.0 Å². The number of rotatable bonds is 22. The molecule has 2 aliphatic rings. The first-order chi connectivity index (χ1) is 62.9. The second-order valence-electron chi connectivity index (χ2n) is 30.1. The molecule has 5 amide bonds. The number of aromatic amines is 1. The molecule has 0 bridgehead atoms. The quantitative estimate of drug-likeness (QED) is 0.0231. The number of anilines is 8. The smallest absolute Gasteiger partial charge is 0.417 e. The van der Waals surface area contributed by atoms with Crippen molar-refractivity contribution in [3.05, 3.63) is 316 Å². The van der Waals surface area contributed by atoms with Gasteiger partial charge in [-0.1, -0.05) is 84.0 Å². The van der Waals surface area contributed by atoms with Gasteiger partial charge in [-0.3, -0.25) is 48.8 Å². The number of hydrogen-bond acceptors (Lipinski definition) is 22. The van der Waals surface area contributed by atoms with E-state index in [9.17, 15) is 50.4 Å². The number of ether oxygens (including phenoxy) is 2. The van der Waals surface area contributed by atoms with Crippen LogP contribution in [0.3, 0.4) is 0 Å². The Labute approximate surface area is 762 Å². The van der Waals surface area contributed by atoms with Gasteiger partial charge >= 0.3 is 18.2 Å². The summed E-state index contributed by atoms with van der Waals surface area (Å²) in [5.74, 6) is 1.07. The zero-order chi connectivity index (χ0) is 93.2. The van der Waals surface area contributed by atoms with Crippen LogP contribution < -0.4 is 51.6 Å². The highest BCUT2D eigenvalue weighted by Gasteiger charge is 2.34. The van der Waals surface area contributed by atoms with Crippen molar-refractivity contribution in [1.82, 2.24) is 60.3 Å². The lowest BCUT2D eigenvalue weighted by Gasteiger charge is -2.32. The van der Waals surface area contributed by atoms with E-state index < -0.39 is 38.8 Å². The number of allylic oxidation sites excluding steroid dienone is 1. The minimum absolute atomic E-state index is 0.0192. The van der Waals surface area contributed by atoms with Crippen molar-refractivity contribution in [2.75, 3.05) is 106 Å². The van der Waals surface area contributed by atoms with E-state index in [2.05, 4.69) is 84.0 Å². The molecule has 14 aromatic rings. The van der Waals surface area contributed by atoms with E-state index in [1.165, 1.54) is 38.6 Å². The fourth-order valence-corrected chi connectivity index (χ4v) is 16.0. The average Bonchev–Trinajstić information content (AvgIpc) is 1.62. The number of hydrogen-bond donors (Lipinski definition) is 8. The number of alkyl halides is 3. The number of nitrogens with one attached hydrogen (secondary N) is 7. The number of pyridine rings is 2. The minimum atomic E-state index is -4.64. The van der Waals surface area contributed by atoms with E-state index in [1.807, 2.05) is 182 Å². The maximum Gasteiger partial charge on any atom is 0.417 e. The van der Waals surface area contributed by atoms with Gasteiger partial charge in [-0.15, -0.1) is 0 Å². The van der Waals surface area contributed by atoms with Crippen LogP contribution in [-0.4, -0.2) is 169 Å². The van der Waals surface area contributed by atoms with Crippen molar-refractivity contribution in [3.63, 3.8) is 0 Å². The van der Waals surface area contributed by atoms with Gasteiger partial charge in [0.2, 0.25) is 15.9 Å². The Kier molecular flexibility index (Phi) is 30.3. The van der Waals surface area contributed by atoms with Gasteiger partial charge in [-0.2, -0.15) is 23.4 Å². The fourth-order valence-electron chi connectivity index (χ4n) is 14.0. The lowest BCUT2D eigenvalue weighted by atomic mass is 9.99. The molecule has 1 aliphatic carbocycles. The lowest BCUT2D eigenvalue weighted by molar-refractivity contribution is -0.137. The molecule has 16 rings (SSSR count). The van der Waals surface area contributed by atoms with Crippen molar-refractivity contribution in [1.29, 1.82) is 0 Å². The first-order valence-electron chi connectivity index (χ1n) is 40.8. The number of carbonyl (C=O) groups is 6. The molecule has 0 unspecified atom stereocenters. The number of urea groups is 1. The third-order valence-electron chi connectivity index (χ3n) is 21.1. The highest BCUT2D eigenvalue weighted by Crippen LogP contribution is 2.40. The van der Waals surface area contributed by atoms with Crippen LogP contribution in [0.25, 0.3) is 45.2 Å². The van der Waals surface area contributed by atoms with E-state index in [0.29, 0.717) is 69.0 Å². The van der Waals surface area contributed by atoms with Gasteiger partial charge in [0.15, 0.2) is 17.4 Å². The number of aryl methyl sites for hydroxylation is 3. The number of esters is 1. The Morgan fingerprint density at radius 2 is 1.36 bits per heavy atom. The van der Waals surface area contributed by atoms with Gasteiger partial charge in [0.25, 0.3) is 11.8 Å². The van der Waals surface area contributed by atoms with Crippen LogP contribution in [0.15, 0.2) is 264 Å². The molecule has 9 N–H and O–H groups in total. The van der Waals surface area contributed by atoms with Crippen molar-refractivity contribution in [2.24, 2.45) is 12.2 Å². The maximum absolute atomic E-state index is 13.3. The summed E-state index contributed by atoms with van der Waals surface area (Å²) in [7, 11) is 8.37. The number of ketones is 1. The SMILES string of the molecule is CNC(=O)c1cc(Oc2ccc(NC(=O)Nc3ccc(Cl)c(C(F)(F)F)c3)cc2)ccn1.CNC(=O)c1ccccc1Sc1ccc2c(/C=C/c3ccccn3)n[nH]c2c1.COC(=O)c1ccc2c(c1)CC(=O)/C2=C(\Nc1ccc(N(C)C(=O)CN2CCN(C)CC2)cc1)c1ccccc1.Cc1ccc(Nc2cncc(N(C)c3ccc4c(C)n(C)nc4c3)n2)cc1S(N)(=O)=O. The third-order valence-corrected chi connectivity index (χ3v) is 23.6. The number of piperazine rings is 1. The van der Waals surface area contributed by atoms with Crippen LogP contribution >= 0.6 is 23.4 Å². The summed E-state index contributed by atoms with van der Waals surface area (Å²) in [5.41, 5.74) is 12.6. The van der Waals surface area contributed by atoms with Crippen LogP contribution in [0.1, 0.15) is 76.1 Å². The van der Waals surface area contributed by atoms with Gasteiger partial charge in [0, 0.05) is 152 Å². The summed E-state index contributed by atoms with van der Waals surface area (Å²) in [5, 5.41) is 35.6. The summed E-state index contributed by atoms with van der Waals surface area (Å²) in [4.78, 5) is 101. The van der Waals surface area contributed by atoms with Crippen molar-refractivity contribution >= 4 is 160 Å². The third kappa shape index (κ3) is 24.1. The highest BCUT2D eigenvalue weighted by atomic mass is 35.5. The molecular weight excluding hydrogens is 1740 g/mol. The Bertz CT molecular complexity index is 6740. The van der Waals surface area contributed by atoms with Crippen molar-refractivity contribution in [3.8, 4) is 11.5 Å². The van der Waals surface area contributed by atoms with Crippen LogP contribution in [0, 0.1) is 13.8 Å². The molecule has 35 heteroatoms. The number of fused-ring (bicyclic) bond motifs is 3. The van der Waals surface area contributed by atoms with E-state index in [0.717, 1.165) is 121 Å². The Hall–Kier alpha value is -14.9. The first-order valence-corrected chi connectivity index (χ1v) is 43.6. The van der Waals surface area contributed by atoms with Crippen molar-refractivity contribution < 1.29 is 59.8 Å². The predicted molar refractivity (Wildman–Crippen MR) is 505 cm³/mol. The Morgan fingerprint density at radius 1 is 0.672 bits per heavy atom. The van der Waals surface area contributed by atoms with Crippen molar-refractivity contribution in [2.45, 2.75) is 41.1 Å². The molecule has 5 aromatic heterocycles. The molecule has 1 saturated heterocycles. The number of nitrogens with two attached hydrogens (primary N) is 1. The molecule has 131 heavy (non-hydrogen) atoms. The van der Waals surface area contributed by atoms with Crippen LogP contribution in [0.2, 0.25) is 5.02 Å². The zero-order valence-electron chi connectivity index (χ0n) is 72.5. The van der Waals surface area contributed by atoms with E-state index in [-0.39, 0.29) is 46.2 Å². The van der Waals surface area contributed by atoms with Crippen LogP contribution in [0.5, 0.6) is 11.5 Å². The Balaban J connectivity index is 0.000000150. The molecule has 9 aromatic carbocycles. The largest absolute Gasteiger partial charge is 0.465 e. The normalized spacial score (nSPS) is 12.9. The molecule has 0 radical (unpaired) electrons. The predicted octanol–water partition coefficient (Wildman–Crippen LogP) is 17.1. The molecule has 29 nitrogen and oxygen atoms in total. The number of sulfonamides is 1. The number of H-pyrrole nitrogens is 1. The van der Waals surface area contributed by atoms with Gasteiger partial charge in [0.05, 0.1) is 80.8 Å². The van der Waals surface area contributed by atoms with Gasteiger partial charge in [-0.25, -0.2) is 28.1 Å². The van der Waals surface area contributed by atoms with Crippen LogP contribution in [0.4, 0.5) is 63.7 Å². The number of aromatic nitrogens is 8.